The van der Waals surface area contributed by atoms with Crippen molar-refractivity contribution in [3.05, 3.63) is 29.8 Å². The highest BCUT2D eigenvalue weighted by molar-refractivity contribution is 5.79. The fourth-order valence-electron chi connectivity index (χ4n) is 2.36. The Bertz CT molecular complexity index is 478. The molecule has 2 rings (SSSR count). The molecule has 0 saturated heterocycles. The number of benzene rings is 1. The third-order valence-corrected chi connectivity index (χ3v) is 3.52. The van der Waals surface area contributed by atoms with E-state index in [2.05, 4.69) is 10.1 Å². The van der Waals surface area contributed by atoms with E-state index in [9.17, 15) is 13.6 Å². The quantitative estimate of drug-likeness (QED) is 0.773. The summed E-state index contributed by atoms with van der Waals surface area (Å²) in [5.41, 5.74) is 0.425. The molecule has 0 radical (unpaired) electrons. The van der Waals surface area contributed by atoms with Gasteiger partial charge in [0.05, 0.1) is 6.42 Å². The highest BCUT2D eigenvalue weighted by Crippen LogP contribution is 2.34. The second-order valence-electron chi connectivity index (χ2n) is 5.19. The van der Waals surface area contributed by atoms with Gasteiger partial charge in [-0.15, -0.1) is 0 Å². The van der Waals surface area contributed by atoms with Crippen molar-refractivity contribution < 1.29 is 23.4 Å². The number of carbonyl (C=O) groups excluding carboxylic acids is 1. The van der Waals surface area contributed by atoms with E-state index in [-0.39, 0.29) is 30.7 Å². The maximum Gasteiger partial charge on any atom is 0.387 e. The lowest BCUT2D eigenvalue weighted by Crippen LogP contribution is -2.38. The zero-order valence-corrected chi connectivity index (χ0v) is 11.6. The smallest absolute Gasteiger partial charge is 0.387 e. The first-order valence-electron chi connectivity index (χ1n) is 7.03. The molecule has 1 aromatic carbocycles. The van der Waals surface area contributed by atoms with Crippen molar-refractivity contribution in [3.63, 3.8) is 0 Å². The molecule has 1 fully saturated rings. The molecule has 0 aliphatic heterocycles. The molecule has 21 heavy (non-hydrogen) atoms. The number of aliphatic hydroxyl groups excluding tert-OH is 1. The minimum Gasteiger partial charge on any atom is -0.435 e. The molecule has 2 N–H and O–H groups in total. The number of para-hydroxylation sites is 1. The number of amides is 1. The Morgan fingerprint density at radius 1 is 1.38 bits per heavy atom. The Kier molecular flexibility index (Phi) is 5.50. The van der Waals surface area contributed by atoms with E-state index in [1.54, 1.807) is 18.2 Å². The van der Waals surface area contributed by atoms with Crippen molar-refractivity contribution in [3.8, 4) is 5.75 Å². The summed E-state index contributed by atoms with van der Waals surface area (Å²) in [6, 6.07) is 6.23. The number of rotatable bonds is 8. The van der Waals surface area contributed by atoms with Crippen LogP contribution < -0.4 is 10.1 Å². The molecular weight excluding hydrogens is 280 g/mol. The normalized spacial score (nSPS) is 15.8. The van der Waals surface area contributed by atoms with Gasteiger partial charge in [-0.1, -0.05) is 18.2 Å². The fourth-order valence-corrected chi connectivity index (χ4v) is 2.36. The predicted octanol–water partition coefficient (Wildman–Crippen LogP) is 2.11. The largest absolute Gasteiger partial charge is 0.435 e. The summed E-state index contributed by atoms with van der Waals surface area (Å²) >= 11 is 0. The first kappa shape index (κ1) is 15.7. The van der Waals surface area contributed by atoms with Crippen molar-refractivity contribution >= 4 is 5.91 Å². The number of hydrogen-bond donors (Lipinski definition) is 2. The first-order chi connectivity index (χ1) is 10.1. The average Bonchev–Trinajstić information content (AvgIpc) is 3.24. The van der Waals surface area contributed by atoms with Gasteiger partial charge in [0, 0.05) is 18.2 Å². The predicted molar refractivity (Wildman–Crippen MR) is 73.1 cm³/mol. The van der Waals surface area contributed by atoms with Crippen molar-refractivity contribution in [2.24, 2.45) is 5.92 Å². The van der Waals surface area contributed by atoms with Gasteiger partial charge in [-0.25, -0.2) is 0 Å². The first-order valence-corrected chi connectivity index (χ1v) is 7.03. The standard InChI is InChI=1S/C15H19F2NO3/c16-15(17)21-13-4-2-1-3-11(13)9-14(20)18-12(7-8-19)10-5-6-10/h1-4,10,12,15,19H,5-9H2,(H,18,20). The van der Waals surface area contributed by atoms with Gasteiger partial charge in [0.1, 0.15) is 5.75 Å². The molecule has 1 aliphatic rings. The summed E-state index contributed by atoms with van der Waals surface area (Å²) in [4.78, 5) is 12.0. The number of nitrogens with one attached hydrogen (secondary N) is 1. The second kappa shape index (κ2) is 7.36. The Balaban J connectivity index is 1.95. The molecule has 1 unspecified atom stereocenters. The van der Waals surface area contributed by atoms with E-state index in [0.29, 0.717) is 17.9 Å². The van der Waals surface area contributed by atoms with Crippen LogP contribution in [0.1, 0.15) is 24.8 Å². The molecule has 0 bridgehead atoms. The van der Waals surface area contributed by atoms with Gasteiger partial charge in [-0.2, -0.15) is 8.78 Å². The molecule has 0 aromatic heterocycles. The number of carbonyl (C=O) groups is 1. The zero-order valence-electron chi connectivity index (χ0n) is 11.6. The highest BCUT2D eigenvalue weighted by Gasteiger charge is 2.31. The van der Waals surface area contributed by atoms with Gasteiger partial charge >= 0.3 is 6.61 Å². The van der Waals surface area contributed by atoms with Crippen LogP contribution in [0, 0.1) is 5.92 Å². The van der Waals surface area contributed by atoms with E-state index < -0.39 is 6.61 Å². The number of hydrogen-bond acceptors (Lipinski definition) is 3. The molecular formula is C15H19F2NO3. The Hall–Kier alpha value is -1.69. The Labute approximate surface area is 122 Å². The third-order valence-electron chi connectivity index (χ3n) is 3.52. The molecule has 6 heteroatoms. The van der Waals surface area contributed by atoms with E-state index >= 15 is 0 Å². The molecule has 1 amide bonds. The molecule has 116 valence electrons. The summed E-state index contributed by atoms with van der Waals surface area (Å²) < 4.78 is 29.0. The van der Waals surface area contributed by atoms with Gasteiger partial charge in [0.2, 0.25) is 5.91 Å². The lowest BCUT2D eigenvalue weighted by Gasteiger charge is -2.17. The van der Waals surface area contributed by atoms with Crippen molar-refractivity contribution in [1.29, 1.82) is 0 Å². The molecule has 1 aliphatic carbocycles. The summed E-state index contributed by atoms with van der Waals surface area (Å²) in [7, 11) is 0. The van der Waals surface area contributed by atoms with Crippen LogP contribution >= 0.6 is 0 Å². The Morgan fingerprint density at radius 2 is 2.10 bits per heavy atom. The lowest BCUT2D eigenvalue weighted by atomic mass is 10.1. The van der Waals surface area contributed by atoms with Gasteiger partial charge in [0.15, 0.2) is 0 Å². The average molecular weight is 299 g/mol. The molecule has 1 aromatic rings. The van der Waals surface area contributed by atoms with Gasteiger partial charge in [-0.05, 0) is 31.2 Å². The van der Waals surface area contributed by atoms with E-state index in [4.69, 9.17) is 5.11 Å². The maximum absolute atomic E-state index is 12.3. The fraction of sp³-hybridized carbons (Fsp3) is 0.533. The Morgan fingerprint density at radius 3 is 2.71 bits per heavy atom. The van der Waals surface area contributed by atoms with Gasteiger partial charge < -0.3 is 15.2 Å². The lowest BCUT2D eigenvalue weighted by molar-refractivity contribution is -0.121. The summed E-state index contributed by atoms with van der Waals surface area (Å²) in [6.07, 6.45) is 2.61. The summed E-state index contributed by atoms with van der Waals surface area (Å²) in [6.45, 7) is -2.89. The monoisotopic (exact) mass is 299 g/mol. The molecule has 0 heterocycles. The number of alkyl halides is 2. The van der Waals surface area contributed by atoms with E-state index in [0.717, 1.165) is 12.8 Å². The SMILES string of the molecule is O=C(Cc1ccccc1OC(F)F)NC(CCO)C1CC1. The van der Waals surface area contributed by atoms with Crippen LogP contribution in [0.4, 0.5) is 8.78 Å². The molecule has 0 spiro atoms. The van der Waals surface area contributed by atoms with Crippen molar-refractivity contribution in [2.75, 3.05) is 6.61 Å². The van der Waals surface area contributed by atoms with Crippen LogP contribution in [0.5, 0.6) is 5.75 Å². The van der Waals surface area contributed by atoms with Crippen LogP contribution in [-0.2, 0) is 11.2 Å². The zero-order chi connectivity index (χ0) is 15.2. The van der Waals surface area contributed by atoms with Crippen LogP contribution in [0.3, 0.4) is 0 Å². The molecule has 1 saturated carbocycles. The summed E-state index contributed by atoms with van der Waals surface area (Å²) in [5.74, 6) is 0.201. The van der Waals surface area contributed by atoms with Crippen LogP contribution in [0.15, 0.2) is 24.3 Å². The summed E-state index contributed by atoms with van der Waals surface area (Å²) in [5, 5.41) is 11.9. The highest BCUT2D eigenvalue weighted by atomic mass is 19.3. The minimum absolute atomic E-state index is 0.0163. The van der Waals surface area contributed by atoms with Crippen LogP contribution in [0.25, 0.3) is 0 Å². The van der Waals surface area contributed by atoms with Gasteiger partial charge in [0.25, 0.3) is 0 Å². The van der Waals surface area contributed by atoms with E-state index in [1.807, 2.05) is 0 Å². The number of halogens is 2. The maximum atomic E-state index is 12.3. The van der Waals surface area contributed by atoms with Crippen LogP contribution in [0.2, 0.25) is 0 Å². The topological polar surface area (TPSA) is 58.6 Å². The van der Waals surface area contributed by atoms with Crippen molar-refractivity contribution in [1.82, 2.24) is 5.32 Å². The van der Waals surface area contributed by atoms with Crippen molar-refractivity contribution in [2.45, 2.75) is 38.3 Å². The number of aliphatic hydroxyl groups is 1. The second-order valence-corrected chi connectivity index (χ2v) is 5.19. The van der Waals surface area contributed by atoms with Crippen LogP contribution in [-0.4, -0.2) is 30.3 Å². The van der Waals surface area contributed by atoms with Gasteiger partial charge in [-0.3, -0.25) is 4.79 Å². The van der Waals surface area contributed by atoms with E-state index in [1.165, 1.54) is 6.07 Å². The molecule has 1 atom stereocenters. The minimum atomic E-state index is -2.91. The molecule has 4 nitrogen and oxygen atoms in total. The third kappa shape index (κ3) is 4.97. The number of ether oxygens (including phenoxy) is 1.